The maximum Gasteiger partial charge on any atom is 0.290 e. The van der Waals surface area contributed by atoms with Crippen molar-refractivity contribution in [2.24, 2.45) is 0 Å². The first-order chi connectivity index (χ1) is 16.9. The molecule has 1 amide bonds. The Morgan fingerprint density at radius 3 is 2.60 bits per heavy atom. The van der Waals surface area contributed by atoms with Gasteiger partial charge in [-0.3, -0.25) is 14.6 Å². The van der Waals surface area contributed by atoms with Gasteiger partial charge in [-0.05, 0) is 47.5 Å². The number of pyridine rings is 1. The number of nitrogens with zero attached hydrogens (tertiary/aromatic N) is 2. The molecule has 0 bridgehead atoms. The summed E-state index contributed by atoms with van der Waals surface area (Å²) in [6, 6.07) is 14.2. The molecule has 2 aromatic heterocycles. The zero-order chi connectivity index (χ0) is 24.7. The minimum absolute atomic E-state index is 0.0327. The highest BCUT2D eigenvalue weighted by atomic mass is 35.5. The molecule has 1 aliphatic rings. The number of rotatable bonds is 6. The number of ketones is 1. The van der Waals surface area contributed by atoms with E-state index in [-0.39, 0.29) is 22.9 Å². The van der Waals surface area contributed by atoms with Crippen LogP contribution in [0, 0.1) is 0 Å². The fourth-order valence-corrected chi connectivity index (χ4v) is 4.51. The second-order valence-corrected chi connectivity index (χ2v) is 8.76. The van der Waals surface area contributed by atoms with E-state index in [0.717, 1.165) is 5.56 Å². The summed E-state index contributed by atoms with van der Waals surface area (Å²) in [6.45, 7) is 0.126. The van der Waals surface area contributed by atoms with E-state index in [1.54, 1.807) is 67.0 Å². The lowest BCUT2D eigenvalue weighted by atomic mass is 9.95. The molecule has 1 N–H and O–H groups in total. The van der Waals surface area contributed by atoms with Crippen molar-refractivity contribution in [2.45, 2.75) is 12.6 Å². The molecule has 0 saturated carbocycles. The summed E-state index contributed by atoms with van der Waals surface area (Å²) in [5.41, 5.74) is 1.57. The van der Waals surface area contributed by atoms with Gasteiger partial charge >= 0.3 is 0 Å². The molecule has 35 heavy (non-hydrogen) atoms. The number of ether oxygens (including phenoxy) is 1. The number of halogens is 2. The zero-order valence-corrected chi connectivity index (χ0v) is 19.9. The number of aromatic nitrogens is 1. The van der Waals surface area contributed by atoms with Gasteiger partial charge < -0.3 is 19.2 Å². The van der Waals surface area contributed by atoms with Crippen LogP contribution in [-0.2, 0) is 11.3 Å². The summed E-state index contributed by atoms with van der Waals surface area (Å²) in [7, 11) is 1.50. The lowest BCUT2D eigenvalue weighted by molar-refractivity contribution is -0.130. The highest BCUT2D eigenvalue weighted by Crippen LogP contribution is 2.42. The fraction of sp³-hybridized carbons (Fsp3) is 0.115. The van der Waals surface area contributed by atoms with Crippen molar-refractivity contribution in [3.8, 4) is 5.75 Å². The first kappa shape index (κ1) is 23.0. The number of aliphatic hydroxyl groups excluding tert-OH is 1. The van der Waals surface area contributed by atoms with Crippen LogP contribution in [0.15, 0.2) is 82.7 Å². The van der Waals surface area contributed by atoms with Crippen LogP contribution in [0.3, 0.4) is 0 Å². The molecule has 1 aliphatic heterocycles. The van der Waals surface area contributed by atoms with Gasteiger partial charge in [-0.15, -0.1) is 0 Å². The average Bonchev–Trinajstić information content (AvgIpc) is 3.41. The Labute approximate surface area is 210 Å². The third kappa shape index (κ3) is 4.03. The van der Waals surface area contributed by atoms with Gasteiger partial charge in [-0.25, -0.2) is 0 Å². The number of hydrogen-bond acceptors (Lipinski definition) is 6. The van der Waals surface area contributed by atoms with Gasteiger partial charge in [0.1, 0.15) is 0 Å². The molecule has 0 spiro atoms. The van der Waals surface area contributed by atoms with Crippen LogP contribution in [-0.4, -0.2) is 33.8 Å². The zero-order valence-electron chi connectivity index (χ0n) is 18.4. The molecule has 0 radical (unpaired) electrons. The Bertz CT molecular complexity index is 1500. The fourth-order valence-electron chi connectivity index (χ4n) is 4.20. The molecule has 7 nitrogen and oxygen atoms in total. The Balaban J connectivity index is 1.62. The standard InChI is InChI=1S/C26H18Cl2N2O5/c1-34-19-4-2-3-16-12-20(35-25(16)19)23(31)21-22(15-5-6-17(27)18(28)11-15)30(26(33)24(21)32)13-14-7-9-29-10-8-14/h2-12,22,32H,13H2,1H3. The number of furan rings is 1. The third-order valence-electron chi connectivity index (χ3n) is 5.86. The molecule has 4 aromatic rings. The van der Waals surface area contributed by atoms with Crippen LogP contribution >= 0.6 is 23.2 Å². The number of carbonyl (C=O) groups is 2. The number of Topliss-reactive ketones (excluding diaryl/α,β-unsaturated/α-hetero) is 1. The second kappa shape index (κ2) is 9.09. The first-order valence-corrected chi connectivity index (χ1v) is 11.3. The predicted octanol–water partition coefficient (Wildman–Crippen LogP) is 5.92. The first-order valence-electron chi connectivity index (χ1n) is 10.6. The number of hydrogen-bond donors (Lipinski definition) is 1. The number of amides is 1. The Morgan fingerprint density at radius 1 is 1.11 bits per heavy atom. The molecular weight excluding hydrogens is 491 g/mol. The molecule has 0 aliphatic carbocycles. The summed E-state index contributed by atoms with van der Waals surface area (Å²) in [5.74, 6) is -1.53. The Hall–Kier alpha value is -3.81. The lowest BCUT2D eigenvalue weighted by Crippen LogP contribution is -2.30. The number of benzene rings is 2. The quantitative estimate of drug-likeness (QED) is 0.325. The molecule has 0 fully saturated rings. The van der Waals surface area contributed by atoms with Crippen LogP contribution in [0.2, 0.25) is 10.0 Å². The minimum atomic E-state index is -0.923. The smallest absolute Gasteiger partial charge is 0.290 e. The van der Waals surface area contributed by atoms with Crippen LogP contribution in [0.25, 0.3) is 11.0 Å². The van der Waals surface area contributed by atoms with Gasteiger partial charge in [0.15, 0.2) is 22.9 Å². The van der Waals surface area contributed by atoms with Gasteiger partial charge in [-0.1, -0.05) is 41.4 Å². The number of carbonyl (C=O) groups excluding carboxylic acids is 2. The summed E-state index contributed by atoms with van der Waals surface area (Å²) in [6.07, 6.45) is 3.20. The molecule has 176 valence electrons. The van der Waals surface area contributed by atoms with Gasteiger partial charge in [0, 0.05) is 24.3 Å². The summed E-state index contributed by atoms with van der Waals surface area (Å²) in [5, 5.41) is 12.1. The van der Waals surface area contributed by atoms with E-state index < -0.39 is 23.5 Å². The van der Waals surface area contributed by atoms with Crippen molar-refractivity contribution in [2.75, 3.05) is 7.11 Å². The van der Waals surface area contributed by atoms with E-state index in [0.29, 0.717) is 27.3 Å². The van der Waals surface area contributed by atoms with Gasteiger partial charge in [0.25, 0.3) is 5.91 Å². The van der Waals surface area contributed by atoms with Crippen molar-refractivity contribution >= 4 is 45.9 Å². The Kier molecular flexibility index (Phi) is 5.96. The van der Waals surface area contributed by atoms with Crippen molar-refractivity contribution in [3.63, 3.8) is 0 Å². The maximum absolute atomic E-state index is 13.7. The molecular formula is C26H18Cl2N2O5. The van der Waals surface area contributed by atoms with Crippen molar-refractivity contribution < 1.29 is 23.8 Å². The molecule has 0 saturated heterocycles. The van der Waals surface area contributed by atoms with Gasteiger partial charge in [0.05, 0.1) is 28.8 Å². The highest BCUT2D eigenvalue weighted by Gasteiger charge is 2.44. The average molecular weight is 509 g/mol. The van der Waals surface area contributed by atoms with Gasteiger partial charge in [0.2, 0.25) is 5.78 Å². The minimum Gasteiger partial charge on any atom is -0.503 e. The molecule has 9 heteroatoms. The monoisotopic (exact) mass is 508 g/mol. The second-order valence-electron chi connectivity index (χ2n) is 7.95. The number of para-hydroxylation sites is 1. The van der Waals surface area contributed by atoms with Crippen LogP contribution < -0.4 is 4.74 Å². The maximum atomic E-state index is 13.7. The summed E-state index contributed by atoms with van der Waals surface area (Å²) < 4.78 is 11.1. The number of fused-ring (bicyclic) bond motifs is 1. The van der Waals surface area contributed by atoms with Crippen molar-refractivity contribution in [1.82, 2.24) is 9.88 Å². The van der Waals surface area contributed by atoms with Crippen LogP contribution in [0.5, 0.6) is 5.75 Å². The summed E-state index contributed by atoms with van der Waals surface area (Å²) in [4.78, 5) is 32.3. The van der Waals surface area contributed by atoms with Crippen LogP contribution in [0.1, 0.15) is 27.7 Å². The number of aliphatic hydroxyl groups is 1. The highest BCUT2D eigenvalue weighted by molar-refractivity contribution is 6.42. The predicted molar refractivity (Wildman–Crippen MR) is 131 cm³/mol. The normalized spacial score (nSPS) is 15.8. The van der Waals surface area contributed by atoms with E-state index in [9.17, 15) is 14.7 Å². The van der Waals surface area contributed by atoms with Crippen LogP contribution in [0.4, 0.5) is 0 Å². The summed E-state index contributed by atoms with van der Waals surface area (Å²) >= 11 is 12.4. The van der Waals surface area contributed by atoms with Crippen molar-refractivity contribution in [3.05, 3.63) is 105 Å². The topological polar surface area (TPSA) is 92.9 Å². The molecule has 1 unspecified atom stereocenters. The molecule has 5 rings (SSSR count). The van der Waals surface area contributed by atoms with Crippen molar-refractivity contribution in [1.29, 1.82) is 0 Å². The van der Waals surface area contributed by atoms with E-state index in [1.807, 2.05) is 0 Å². The lowest BCUT2D eigenvalue weighted by Gasteiger charge is -2.27. The third-order valence-corrected chi connectivity index (χ3v) is 6.60. The largest absolute Gasteiger partial charge is 0.503 e. The van der Waals surface area contributed by atoms with Gasteiger partial charge in [-0.2, -0.15) is 0 Å². The SMILES string of the molecule is COc1cccc2cc(C(=O)C3=C(O)C(=O)N(Cc4ccncc4)C3c3ccc(Cl)c(Cl)c3)oc12. The molecule has 1 atom stereocenters. The van der Waals surface area contributed by atoms with E-state index in [4.69, 9.17) is 32.4 Å². The molecule has 3 heterocycles. The molecule has 2 aromatic carbocycles. The van der Waals surface area contributed by atoms with E-state index in [2.05, 4.69) is 4.98 Å². The Morgan fingerprint density at radius 2 is 1.89 bits per heavy atom. The van der Waals surface area contributed by atoms with E-state index >= 15 is 0 Å². The number of methoxy groups -OCH3 is 1. The van der Waals surface area contributed by atoms with E-state index in [1.165, 1.54) is 12.0 Å².